The van der Waals surface area contributed by atoms with Crippen LogP contribution in [0.25, 0.3) is 0 Å². The van der Waals surface area contributed by atoms with Crippen LogP contribution in [0, 0.1) is 0 Å². The molecule has 1 aliphatic carbocycles. The normalized spacial score (nSPS) is 14.7. The molecule has 0 saturated heterocycles. The van der Waals surface area contributed by atoms with E-state index in [1.807, 2.05) is 0 Å². The summed E-state index contributed by atoms with van der Waals surface area (Å²) in [4.78, 5) is 12.2. The number of benzene rings is 2. The van der Waals surface area contributed by atoms with Gasteiger partial charge in [-0.2, -0.15) is 0 Å². The van der Waals surface area contributed by atoms with Gasteiger partial charge in [-0.15, -0.1) is 4.41 Å². The Morgan fingerprint density at radius 2 is 1.81 bits per heavy atom. The molecule has 168 valence electrons. The molecular formula is C21H25Cl2N3O4S. The highest BCUT2D eigenvalue weighted by Crippen LogP contribution is 2.28. The number of nitrogens with two attached hydrogens (primary N) is 1. The van der Waals surface area contributed by atoms with Gasteiger partial charge in [-0.05, 0) is 61.7 Å². The van der Waals surface area contributed by atoms with Gasteiger partial charge in [-0.3, -0.25) is 10.6 Å². The van der Waals surface area contributed by atoms with Crippen molar-refractivity contribution < 1.29 is 17.9 Å². The summed E-state index contributed by atoms with van der Waals surface area (Å²) >= 11 is 11.9. The molecule has 1 amide bonds. The number of anilines is 1. The summed E-state index contributed by atoms with van der Waals surface area (Å²) in [5.41, 5.74) is 0.509. The molecule has 0 spiro atoms. The number of ether oxygens (including phenoxy) is 1. The van der Waals surface area contributed by atoms with E-state index < -0.39 is 10.0 Å². The topological polar surface area (TPSA) is 102 Å². The highest BCUT2D eigenvalue weighted by Gasteiger charge is 2.30. The van der Waals surface area contributed by atoms with Gasteiger partial charge >= 0.3 is 0 Å². The van der Waals surface area contributed by atoms with Crippen LogP contribution in [0.5, 0.6) is 5.75 Å². The molecule has 1 saturated carbocycles. The first-order valence-corrected chi connectivity index (χ1v) is 12.2. The third-order valence-corrected chi connectivity index (χ3v) is 7.35. The van der Waals surface area contributed by atoms with E-state index in [2.05, 4.69) is 5.32 Å². The van der Waals surface area contributed by atoms with E-state index in [1.54, 1.807) is 30.3 Å². The van der Waals surface area contributed by atoms with Crippen molar-refractivity contribution in [3.8, 4) is 5.75 Å². The molecule has 31 heavy (non-hydrogen) atoms. The minimum Gasteiger partial charge on any atom is -0.492 e. The fourth-order valence-electron chi connectivity index (χ4n) is 3.42. The number of hydrazine groups is 1. The fourth-order valence-corrected chi connectivity index (χ4v) is 5.21. The van der Waals surface area contributed by atoms with Crippen LogP contribution < -0.4 is 15.9 Å². The summed E-state index contributed by atoms with van der Waals surface area (Å²) in [6.45, 7) is 0.319. The van der Waals surface area contributed by atoms with E-state index in [0.29, 0.717) is 34.5 Å². The SMILES string of the molecule is NN(C1CCCC1)S(=O)(=O)c1ccc(NC(=O)CCCOc2ccc(Cl)cc2Cl)cc1. The molecule has 1 aliphatic rings. The quantitative estimate of drug-likeness (QED) is 0.307. The molecule has 0 bridgehead atoms. The number of sulfonamides is 1. The highest BCUT2D eigenvalue weighted by atomic mass is 35.5. The summed E-state index contributed by atoms with van der Waals surface area (Å²) in [5, 5.41) is 3.68. The van der Waals surface area contributed by atoms with Crippen LogP contribution in [0.1, 0.15) is 38.5 Å². The summed E-state index contributed by atoms with van der Waals surface area (Å²) in [7, 11) is -3.76. The molecule has 1 fully saturated rings. The lowest BCUT2D eigenvalue weighted by Gasteiger charge is -2.23. The molecule has 0 radical (unpaired) electrons. The van der Waals surface area contributed by atoms with Crippen LogP contribution in [0.15, 0.2) is 47.4 Å². The Morgan fingerprint density at radius 3 is 2.45 bits per heavy atom. The molecule has 3 N–H and O–H groups in total. The van der Waals surface area contributed by atoms with Gasteiger partial charge in [-0.25, -0.2) is 8.42 Å². The van der Waals surface area contributed by atoms with Crippen molar-refractivity contribution in [3.05, 3.63) is 52.5 Å². The number of amides is 1. The first-order chi connectivity index (χ1) is 14.8. The van der Waals surface area contributed by atoms with E-state index in [0.717, 1.165) is 30.1 Å². The van der Waals surface area contributed by atoms with Gasteiger partial charge in [0.2, 0.25) is 5.91 Å². The summed E-state index contributed by atoms with van der Waals surface area (Å²) in [6, 6.07) is 10.8. The van der Waals surface area contributed by atoms with E-state index in [9.17, 15) is 13.2 Å². The first-order valence-electron chi connectivity index (χ1n) is 10.0. The zero-order valence-electron chi connectivity index (χ0n) is 16.9. The van der Waals surface area contributed by atoms with Crippen molar-refractivity contribution in [2.24, 2.45) is 5.84 Å². The van der Waals surface area contributed by atoms with E-state index in [4.69, 9.17) is 33.8 Å². The van der Waals surface area contributed by atoms with Crippen molar-refractivity contribution in [1.29, 1.82) is 0 Å². The predicted molar refractivity (Wildman–Crippen MR) is 122 cm³/mol. The monoisotopic (exact) mass is 485 g/mol. The fraction of sp³-hybridized carbons (Fsp3) is 0.381. The lowest BCUT2D eigenvalue weighted by atomic mass is 10.2. The summed E-state index contributed by atoms with van der Waals surface area (Å²) < 4.78 is 31.9. The number of carbonyl (C=O) groups is 1. The molecule has 0 aromatic heterocycles. The molecule has 0 heterocycles. The molecule has 0 unspecified atom stereocenters. The Morgan fingerprint density at radius 1 is 1.13 bits per heavy atom. The van der Waals surface area contributed by atoms with Crippen molar-refractivity contribution in [1.82, 2.24) is 4.41 Å². The number of hydrogen-bond acceptors (Lipinski definition) is 5. The van der Waals surface area contributed by atoms with Crippen LogP contribution in [0.2, 0.25) is 10.0 Å². The molecule has 2 aromatic rings. The highest BCUT2D eigenvalue weighted by molar-refractivity contribution is 7.89. The maximum Gasteiger partial charge on any atom is 0.255 e. The molecule has 0 atom stereocenters. The largest absolute Gasteiger partial charge is 0.492 e. The molecular weight excluding hydrogens is 461 g/mol. The van der Waals surface area contributed by atoms with Crippen LogP contribution in [0.3, 0.4) is 0 Å². The Bertz CT molecular complexity index is 1010. The first kappa shape index (κ1) is 23.8. The van der Waals surface area contributed by atoms with E-state index in [1.165, 1.54) is 12.1 Å². The standard InChI is InChI=1S/C21H25Cl2N3O4S/c22-15-7-12-20(19(23)14-15)30-13-3-6-21(27)25-16-8-10-18(11-9-16)31(28,29)26(24)17-4-1-2-5-17/h7-12,14,17H,1-6,13,24H2,(H,25,27). The average molecular weight is 486 g/mol. The van der Waals surface area contributed by atoms with Crippen LogP contribution in [0.4, 0.5) is 5.69 Å². The lowest BCUT2D eigenvalue weighted by Crippen LogP contribution is -2.44. The number of nitrogens with one attached hydrogen (secondary N) is 1. The van der Waals surface area contributed by atoms with Crippen LogP contribution in [-0.2, 0) is 14.8 Å². The van der Waals surface area contributed by atoms with Crippen molar-refractivity contribution in [2.45, 2.75) is 49.5 Å². The van der Waals surface area contributed by atoms with Gasteiger partial charge in [0.1, 0.15) is 5.75 Å². The van der Waals surface area contributed by atoms with E-state index in [-0.39, 0.29) is 23.3 Å². The number of rotatable bonds is 9. The van der Waals surface area contributed by atoms with Gasteiger partial charge in [0.05, 0.1) is 16.5 Å². The number of halogens is 2. The number of nitrogens with zero attached hydrogens (tertiary/aromatic N) is 1. The average Bonchev–Trinajstić information content (AvgIpc) is 3.27. The van der Waals surface area contributed by atoms with Crippen LogP contribution in [-0.4, -0.2) is 31.4 Å². The van der Waals surface area contributed by atoms with Gasteiger partial charge < -0.3 is 10.1 Å². The maximum atomic E-state index is 12.7. The Labute approximate surface area is 192 Å². The third kappa shape index (κ3) is 6.33. The van der Waals surface area contributed by atoms with Crippen LogP contribution >= 0.6 is 23.2 Å². The Kier molecular flexibility index (Phi) is 8.18. The minimum atomic E-state index is -3.76. The van der Waals surface area contributed by atoms with Gasteiger partial charge in [0.15, 0.2) is 0 Å². The number of hydrogen-bond donors (Lipinski definition) is 2. The molecule has 2 aromatic carbocycles. The summed E-state index contributed by atoms with van der Waals surface area (Å²) in [5.74, 6) is 6.19. The maximum absolute atomic E-state index is 12.7. The van der Waals surface area contributed by atoms with Crippen molar-refractivity contribution in [3.63, 3.8) is 0 Å². The number of carbonyl (C=O) groups excluding carboxylic acids is 1. The van der Waals surface area contributed by atoms with Crippen molar-refractivity contribution in [2.75, 3.05) is 11.9 Å². The second-order valence-corrected chi connectivity index (χ2v) is 10.1. The lowest BCUT2D eigenvalue weighted by molar-refractivity contribution is -0.116. The Hall–Kier alpha value is -1.84. The van der Waals surface area contributed by atoms with Gasteiger partial charge in [-0.1, -0.05) is 36.0 Å². The molecule has 3 rings (SSSR count). The minimum absolute atomic E-state index is 0.105. The zero-order valence-corrected chi connectivity index (χ0v) is 19.2. The van der Waals surface area contributed by atoms with Gasteiger partial charge in [0.25, 0.3) is 10.0 Å². The van der Waals surface area contributed by atoms with E-state index >= 15 is 0 Å². The van der Waals surface area contributed by atoms with Crippen molar-refractivity contribution >= 4 is 44.8 Å². The third-order valence-electron chi connectivity index (χ3n) is 5.10. The predicted octanol–water partition coefficient (Wildman–Crippen LogP) is 4.60. The second-order valence-electron chi connectivity index (χ2n) is 7.37. The molecule has 10 heteroatoms. The summed E-state index contributed by atoms with van der Waals surface area (Å²) in [6.07, 6.45) is 4.24. The zero-order chi connectivity index (χ0) is 22.4. The molecule has 0 aliphatic heterocycles. The smallest absolute Gasteiger partial charge is 0.255 e. The second kappa shape index (κ2) is 10.7. The van der Waals surface area contributed by atoms with Gasteiger partial charge in [0, 0.05) is 23.2 Å². The Balaban J connectivity index is 1.47. The molecule has 7 nitrogen and oxygen atoms in total.